The van der Waals surface area contributed by atoms with E-state index in [1.807, 2.05) is 0 Å². The van der Waals surface area contributed by atoms with Gasteiger partial charge in [0.25, 0.3) is 5.91 Å². The van der Waals surface area contributed by atoms with Crippen molar-refractivity contribution in [1.82, 2.24) is 15.6 Å². The van der Waals surface area contributed by atoms with E-state index >= 15 is 0 Å². The molecule has 0 aliphatic heterocycles. The van der Waals surface area contributed by atoms with Crippen molar-refractivity contribution in [3.63, 3.8) is 0 Å². The first-order valence-electron chi connectivity index (χ1n) is 9.90. The summed E-state index contributed by atoms with van der Waals surface area (Å²) in [4.78, 5) is 27.7. The summed E-state index contributed by atoms with van der Waals surface area (Å²) in [5, 5.41) is 7.62. The summed E-state index contributed by atoms with van der Waals surface area (Å²) in [6.07, 6.45) is -4.88. The zero-order valence-electron chi connectivity index (χ0n) is 17.5. The van der Waals surface area contributed by atoms with Crippen LogP contribution in [0.3, 0.4) is 0 Å². The number of thiazole rings is 1. The highest BCUT2D eigenvalue weighted by molar-refractivity contribution is 7.09. The average molecular weight is 497 g/mol. The first-order chi connectivity index (χ1) is 16.2. The third kappa shape index (κ3) is 8.12. The van der Waals surface area contributed by atoms with Crippen LogP contribution < -0.4 is 20.1 Å². The molecule has 1 aromatic heterocycles. The lowest BCUT2D eigenvalue weighted by atomic mass is 10.1. The number of nitrogens with zero attached hydrogens (tertiary/aromatic N) is 1. The van der Waals surface area contributed by atoms with Crippen molar-refractivity contribution < 1.29 is 36.6 Å². The van der Waals surface area contributed by atoms with Crippen LogP contribution in [-0.4, -0.2) is 36.3 Å². The van der Waals surface area contributed by atoms with Crippen molar-refractivity contribution in [2.45, 2.75) is 25.6 Å². The SMILES string of the molecule is O=CC(NCc1nc(C(=O)NCCc2ccc(F)cc2)cs1)Oc1ccc(OC(F)(F)F)cc1. The lowest BCUT2D eigenvalue weighted by Gasteiger charge is -2.15. The molecule has 7 nitrogen and oxygen atoms in total. The van der Waals surface area contributed by atoms with Gasteiger partial charge in [-0.15, -0.1) is 24.5 Å². The van der Waals surface area contributed by atoms with Crippen LogP contribution in [0.5, 0.6) is 11.5 Å². The van der Waals surface area contributed by atoms with E-state index in [2.05, 4.69) is 20.4 Å². The molecule has 0 saturated carbocycles. The highest BCUT2D eigenvalue weighted by Gasteiger charge is 2.31. The Labute approximate surface area is 195 Å². The molecule has 180 valence electrons. The number of benzene rings is 2. The smallest absolute Gasteiger partial charge is 0.468 e. The lowest BCUT2D eigenvalue weighted by Crippen LogP contribution is -2.35. The van der Waals surface area contributed by atoms with Gasteiger partial charge >= 0.3 is 6.36 Å². The predicted molar refractivity (Wildman–Crippen MR) is 115 cm³/mol. The van der Waals surface area contributed by atoms with Gasteiger partial charge in [0.15, 0.2) is 6.29 Å². The summed E-state index contributed by atoms with van der Waals surface area (Å²) in [7, 11) is 0. The fourth-order valence-electron chi connectivity index (χ4n) is 2.73. The third-order valence-electron chi connectivity index (χ3n) is 4.30. The summed E-state index contributed by atoms with van der Waals surface area (Å²) in [6, 6.07) is 10.6. The summed E-state index contributed by atoms with van der Waals surface area (Å²) in [6.45, 7) is 0.468. The molecule has 0 fully saturated rings. The Morgan fingerprint density at radius 2 is 1.76 bits per heavy atom. The number of amides is 1. The van der Waals surface area contributed by atoms with E-state index in [1.165, 1.54) is 35.6 Å². The third-order valence-corrected chi connectivity index (χ3v) is 5.14. The minimum absolute atomic E-state index is 0.117. The molecule has 1 atom stereocenters. The van der Waals surface area contributed by atoms with E-state index in [0.717, 1.165) is 17.7 Å². The molecule has 0 radical (unpaired) electrons. The lowest BCUT2D eigenvalue weighted by molar-refractivity contribution is -0.274. The minimum atomic E-state index is -4.80. The number of halogens is 4. The maximum atomic E-state index is 12.9. The quantitative estimate of drug-likeness (QED) is 0.238. The van der Waals surface area contributed by atoms with Gasteiger partial charge in [-0.2, -0.15) is 0 Å². The van der Waals surface area contributed by atoms with Crippen molar-refractivity contribution >= 4 is 23.5 Å². The number of rotatable bonds is 11. The number of carbonyl (C=O) groups is 2. The van der Waals surface area contributed by atoms with Gasteiger partial charge in [-0.3, -0.25) is 14.9 Å². The summed E-state index contributed by atoms with van der Waals surface area (Å²) in [5.41, 5.74) is 1.09. The van der Waals surface area contributed by atoms with Gasteiger partial charge in [0.05, 0.1) is 6.54 Å². The Morgan fingerprint density at radius 3 is 2.41 bits per heavy atom. The largest absolute Gasteiger partial charge is 0.573 e. The zero-order valence-corrected chi connectivity index (χ0v) is 18.3. The number of nitrogens with one attached hydrogen (secondary N) is 2. The van der Waals surface area contributed by atoms with E-state index in [-0.39, 0.29) is 29.7 Å². The normalized spacial score (nSPS) is 12.1. The maximum absolute atomic E-state index is 12.9. The fraction of sp³-hybridized carbons (Fsp3) is 0.227. The minimum Gasteiger partial charge on any atom is -0.468 e. The van der Waals surface area contributed by atoms with Crippen molar-refractivity contribution in [1.29, 1.82) is 0 Å². The summed E-state index contributed by atoms with van der Waals surface area (Å²) in [5.74, 6) is -0.956. The van der Waals surface area contributed by atoms with Crippen LogP contribution in [0, 0.1) is 5.82 Å². The molecule has 0 bridgehead atoms. The number of aromatic nitrogens is 1. The molecule has 2 aromatic carbocycles. The topological polar surface area (TPSA) is 89.6 Å². The molecule has 1 heterocycles. The molecule has 3 rings (SSSR count). The molecule has 0 aliphatic rings. The second kappa shape index (κ2) is 11.6. The van der Waals surface area contributed by atoms with Gasteiger partial charge in [-0.1, -0.05) is 12.1 Å². The van der Waals surface area contributed by atoms with Crippen LogP contribution in [0.25, 0.3) is 0 Å². The molecular formula is C22H19F4N3O4S. The number of hydrogen-bond acceptors (Lipinski definition) is 7. The number of ether oxygens (including phenoxy) is 2. The monoisotopic (exact) mass is 497 g/mol. The van der Waals surface area contributed by atoms with Crippen molar-refractivity contribution in [3.05, 3.63) is 76.0 Å². The Kier molecular flexibility index (Phi) is 8.55. The van der Waals surface area contributed by atoms with Crippen molar-refractivity contribution in [3.8, 4) is 11.5 Å². The Morgan fingerprint density at radius 1 is 1.09 bits per heavy atom. The van der Waals surface area contributed by atoms with Gasteiger partial charge in [0.1, 0.15) is 28.0 Å². The van der Waals surface area contributed by atoms with Crippen LogP contribution in [0.2, 0.25) is 0 Å². The maximum Gasteiger partial charge on any atom is 0.573 e. The van der Waals surface area contributed by atoms with Crippen LogP contribution in [0.1, 0.15) is 21.1 Å². The van der Waals surface area contributed by atoms with E-state index in [4.69, 9.17) is 4.74 Å². The number of aldehydes is 1. The first-order valence-corrected chi connectivity index (χ1v) is 10.8. The predicted octanol–water partition coefficient (Wildman–Crippen LogP) is 3.85. The van der Waals surface area contributed by atoms with Crippen LogP contribution in [0.15, 0.2) is 53.9 Å². The van der Waals surface area contributed by atoms with Gasteiger partial charge in [0, 0.05) is 11.9 Å². The van der Waals surface area contributed by atoms with Gasteiger partial charge in [-0.05, 0) is 48.4 Å². The fourth-order valence-corrected chi connectivity index (χ4v) is 3.46. The number of alkyl halides is 3. The summed E-state index contributed by atoms with van der Waals surface area (Å²) < 4.78 is 58.7. The molecule has 3 aromatic rings. The Bertz CT molecular complexity index is 1090. The average Bonchev–Trinajstić information content (AvgIpc) is 3.27. The molecule has 1 amide bonds. The van der Waals surface area contributed by atoms with Crippen LogP contribution in [0.4, 0.5) is 17.6 Å². The molecule has 34 heavy (non-hydrogen) atoms. The van der Waals surface area contributed by atoms with Crippen molar-refractivity contribution in [2.24, 2.45) is 0 Å². The molecule has 1 unspecified atom stereocenters. The van der Waals surface area contributed by atoms with Gasteiger partial charge < -0.3 is 14.8 Å². The second-order valence-electron chi connectivity index (χ2n) is 6.83. The highest BCUT2D eigenvalue weighted by atomic mass is 32.1. The van der Waals surface area contributed by atoms with Gasteiger partial charge in [0.2, 0.25) is 6.23 Å². The second-order valence-corrected chi connectivity index (χ2v) is 7.78. The number of carbonyl (C=O) groups excluding carboxylic acids is 2. The van der Waals surface area contributed by atoms with E-state index in [9.17, 15) is 27.2 Å². The molecule has 0 spiro atoms. The molecule has 0 aliphatic carbocycles. The van der Waals surface area contributed by atoms with Crippen molar-refractivity contribution in [2.75, 3.05) is 6.54 Å². The zero-order chi connectivity index (χ0) is 24.6. The van der Waals surface area contributed by atoms with E-state index in [1.54, 1.807) is 17.5 Å². The van der Waals surface area contributed by atoms with E-state index < -0.39 is 18.3 Å². The highest BCUT2D eigenvalue weighted by Crippen LogP contribution is 2.25. The molecule has 2 N–H and O–H groups in total. The standard InChI is InChI=1S/C22H19F4N3O4S/c23-15-3-1-14(2-4-15)9-10-27-21(31)18-13-34-20(29-18)11-28-19(12-30)32-16-5-7-17(8-6-16)33-22(24,25)26/h1-8,12-13,19,28H,9-11H2,(H,27,31). The number of hydrogen-bond donors (Lipinski definition) is 2. The Hall–Kier alpha value is -3.51. The van der Waals surface area contributed by atoms with Crippen LogP contribution >= 0.6 is 11.3 Å². The van der Waals surface area contributed by atoms with E-state index in [0.29, 0.717) is 24.3 Å². The molecular weight excluding hydrogens is 478 g/mol. The van der Waals surface area contributed by atoms with Crippen LogP contribution in [-0.2, 0) is 17.8 Å². The molecule has 0 saturated heterocycles. The Balaban J connectivity index is 1.44. The first kappa shape index (κ1) is 25.1. The summed E-state index contributed by atoms with van der Waals surface area (Å²) >= 11 is 1.20. The van der Waals surface area contributed by atoms with Gasteiger partial charge in [-0.25, -0.2) is 9.37 Å². The molecule has 12 heteroatoms.